The number of morpholine rings is 1. The maximum absolute atomic E-state index is 5.35. The van der Waals surface area contributed by atoms with Gasteiger partial charge >= 0.3 is 0 Å². The average molecular weight is 224 g/mol. The molecule has 0 aromatic rings. The molecule has 0 bridgehead atoms. The first-order valence-electron chi connectivity index (χ1n) is 6.90. The molecule has 2 saturated carbocycles. The Morgan fingerprint density at radius 1 is 1.19 bits per heavy atom. The molecule has 0 amide bonds. The molecule has 3 rings (SSSR count). The maximum atomic E-state index is 5.35. The number of hydrogen-bond acceptors (Lipinski definition) is 3. The summed E-state index contributed by atoms with van der Waals surface area (Å²) in [5, 5.41) is 3.67. The van der Waals surface area contributed by atoms with Crippen LogP contribution in [0.2, 0.25) is 0 Å². The van der Waals surface area contributed by atoms with E-state index in [1.54, 1.807) is 0 Å². The second-order valence-electron chi connectivity index (χ2n) is 5.77. The second-order valence-corrected chi connectivity index (χ2v) is 5.77. The minimum absolute atomic E-state index is 0.755. The zero-order valence-corrected chi connectivity index (χ0v) is 10.2. The molecule has 2 aliphatic carbocycles. The summed E-state index contributed by atoms with van der Waals surface area (Å²) in [6.07, 6.45) is 5.99. The highest BCUT2D eigenvalue weighted by molar-refractivity contribution is 5.04. The molecule has 0 aromatic carbocycles. The van der Waals surface area contributed by atoms with Crippen LogP contribution in [0.5, 0.6) is 0 Å². The van der Waals surface area contributed by atoms with Gasteiger partial charge in [0.1, 0.15) is 0 Å². The van der Waals surface area contributed by atoms with E-state index >= 15 is 0 Å². The Morgan fingerprint density at radius 3 is 2.56 bits per heavy atom. The Labute approximate surface area is 98.5 Å². The lowest BCUT2D eigenvalue weighted by molar-refractivity contribution is 0.0383. The van der Waals surface area contributed by atoms with E-state index in [1.165, 1.54) is 38.8 Å². The van der Waals surface area contributed by atoms with Crippen molar-refractivity contribution in [2.75, 3.05) is 45.9 Å². The van der Waals surface area contributed by atoms with Gasteiger partial charge in [-0.1, -0.05) is 0 Å². The average Bonchev–Trinajstić information content (AvgIpc) is 3.17. The van der Waals surface area contributed by atoms with E-state index in [4.69, 9.17) is 4.74 Å². The summed E-state index contributed by atoms with van der Waals surface area (Å²) in [5.74, 6) is 1.09. The van der Waals surface area contributed by atoms with E-state index in [1.807, 2.05) is 0 Å². The van der Waals surface area contributed by atoms with Gasteiger partial charge in [0, 0.05) is 32.7 Å². The molecule has 3 nitrogen and oxygen atoms in total. The summed E-state index contributed by atoms with van der Waals surface area (Å²) in [5.41, 5.74) is 0.755. The van der Waals surface area contributed by atoms with Crippen molar-refractivity contribution in [3.63, 3.8) is 0 Å². The topological polar surface area (TPSA) is 24.5 Å². The molecule has 0 aromatic heterocycles. The number of nitrogens with zero attached hydrogens (tertiary/aromatic N) is 1. The molecular weight excluding hydrogens is 200 g/mol. The van der Waals surface area contributed by atoms with Crippen molar-refractivity contribution in [3.05, 3.63) is 0 Å². The van der Waals surface area contributed by atoms with Gasteiger partial charge in [0.05, 0.1) is 13.2 Å². The monoisotopic (exact) mass is 224 g/mol. The molecule has 1 saturated heterocycles. The first kappa shape index (κ1) is 11.0. The summed E-state index contributed by atoms with van der Waals surface area (Å²) in [6, 6.07) is 0. The van der Waals surface area contributed by atoms with Crippen LogP contribution in [0.25, 0.3) is 0 Å². The van der Waals surface area contributed by atoms with Crippen LogP contribution in [0.15, 0.2) is 0 Å². The van der Waals surface area contributed by atoms with Crippen molar-refractivity contribution < 1.29 is 4.74 Å². The van der Waals surface area contributed by atoms with Crippen molar-refractivity contribution in [2.45, 2.75) is 25.7 Å². The lowest BCUT2D eigenvalue weighted by Gasteiger charge is -2.27. The lowest BCUT2D eigenvalue weighted by atomic mass is 10.0. The molecular formula is C13H24N2O. The highest BCUT2D eigenvalue weighted by atomic mass is 16.5. The molecule has 0 unspecified atom stereocenters. The smallest absolute Gasteiger partial charge is 0.0594 e. The zero-order chi connectivity index (χ0) is 10.8. The van der Waals surface area contributed by atoms with E-state index < -0.39 is 0 Å². The minimum atomic E-state index is 0.755. The predicted molar refractivity (Wildman–Crippen MR) is 64.5 cm³/mol. The minimum Gasteiger partial charge on any atom is -0.379 e. The van der Waals surface area contributed by atoms with Crippen LogP contribution in [0.4, 0.5) is 0 Å². The molecule has 3 heteroatoms. The van der Waals surface area contributed by atoms with E-state index in [0.717, 1.165) is 44.2 Å². The molecule has 1 N–H and O–H groups in total. The third-order valence-electron chi connectivity index (χ3n) is 4.52. The Hall–Kier alpha value is -0.120. The van der Waals surface area contributed by atoms with Crippen molar-refractivity contribution >= 4 is 0 Å². The highest BCUT2D eigenvalue weighted by Crippen LogP contribution is 2.60. The van der Waals surface area contributed by atoms with Gasteiger partial charge in [-0.15, -0.1) is 0 Å². The molecule has 0 radical (unpaired) electrons. The Bertz CT molecular complexity index is 230. The van der Waals surface area contributed by atoms with Gasteiger partial charge in [0.25, 0.3) is 0 Å². The summed E-state index contributed by atoms with van der Waals surface area (Å²) in [7, 11) is 0. The Kier molecular flexibility index (Phi) is 3.18. The fourth-order valence-corrected chi connectivity index (χ4v) is 2.98. The number of ether oxygens (including phenoxy) is 1. The standard InChI is InChI=1S/C13H24N2O/c1-2-12(1)13(3-4-13)11-14-5-6-15-7-9-16-10-8-15/h12,14H,1-11H2. The molecule has 1 aliphatic heterocycles. The maximum Gasteiger partial charge on any atom is 0.0594 e. The van der Waals surface area contributed by atoms with Gasteiger partial charge in [0.15, 0.2) is 0 Å². The van der Waals surface area contributed by atoms with Crippen LogP contribution < -0.4 is 5.32 Å². The molecule has 16 heavy (non-hydrogen) atoms. The summed E-state index contributed by atoms with van der Waals surface area (Å²) in [4.78, 5) is 2.51. The Morgan fingerprint density at radius 2 is 1.94 bits per heavy atom. The summed E-state index contributed by atoms with van der Waals surface area (Å²) < 4.78 is 5.35. The van der Waals surface area contributed by atoms with Gasteiger partial charge in [-0.25, -0.2) is 0 Å². The predicted octanol–water partition coefficient (Wildman–Crippen LogP) is 1.10. The van der Waals surface area contributed by atoms with E-state index in [2.05, 4.69) is 10.2 Å². The number of hydrogen-bond donors (Lipinski definition) is 1. The molecule has 3 fully saturated rings. The van der Waals surface area contributed by atoms with Gasteiger partial charge < -0.3 is 10.1 Å². The molecule has 92 valence electrons. The van der Waals surface area contributed by atoms with Gasteiger partial charge in [-0.3, -0.25) is 4.90 Å². The Balaban J connectivity index is 1.29. The number of nitrogens with one attached hydrogen (secondary N) is 1. The second kappa shape index (κ2) is 4.63. The van der Waals surface area contributed by atoms with Gasteiger partial charge in [0.2, 0.25) is 0 Å². The third-order valence-corrected chi connectivity index (χ3v) is 4.52. The molecule has 0 spiro atoms. The third kappa shape index (κ3) is 2.58. The van der Waals surface area contributed by atoms with Crippen LogP contribution in [-0.2, 0) is 4.74 Å². The fourth-order valence-electron chi connectivity index (χ4n) is 2.98. The van der Waals surface area contributed by atoms with Gasteiger partial charge in [-0.05, 0) is 37.0 Å². The van der Waals surface area contributed by atoms with Crippen molar-refractivity contribution in [1.82, 2.24) is 10.2 Å². The van der Waals surface area contributed by atoms with Crippen LogP contribution >= 0.6 is 0 Å². The highest BCUT2D eigenvalue weighted by Gasteiger charge is 2.53. The van der Waals surface area contributed by atoms with E-state index in [-0.39, 0.29) is 0 Å². The summed E-state index contributed by atoms with van der Waals surface area (Å²) in [6.45, 7) is 7.73. The van der Waals surface area contributed by atoms with Crippen molar-refractivity contribution in [3.8, 4) is 0 Å². The normalized spacial score (nSPS) is 29.2. The SMILES string of the molecule is C(CN1CCOCC1)NCC1(C2CC2)CC1. The molecule has 1 heterocycles. The van der Waals surface area contributed by atoms with Crippen LogP contribution in [0, 0.1) is 11.3 Å². The summed E-state index contributed by atoms with van der Waals surface area (Å²) >= 11 is 0. The van der Waals surface area contributed by atoms with Crippen LogP contribution in [-0.4, -0.2) is 50.8 Å². The molecule has 3 aliphatic rings. The largest absolute Gasteiger partial charge is 0.379 e. The van der Waals surface area contributed by atoms with E-state index in [0.29, 0.717) is 0 Å². The van der Waals surface area contributed by atoms with Crippen molar-refractivity contribution in [2.24, 2.45) is 11.3 Å². The fraction of sp³-hybridized carbons (Fsp3) is 1.00. The lowest BCUT2D eigenvalue weighted by Crippen LogP contribution is -2.41. The van der Waals surface area contributed by atoms with Crippen molar-refractivity contribution in [1.29, 1.82) is 0 Å². The van der Waals surface area contributed by atoms with Crippen LogP contribution in [0.1, 0.15) is 25.7 Å². The molecule has 0 atom stereocenters. The quantitative estimate of drug-likeness (QED) is 0.684. The van der Waals surface area contributed by atoms with Gasteiger partial charge in [-0.2, -0.15) is 0 Å². The first-order chi connectivity index (χ1) is 7.89. The van der Waals surface area contributed by atoms with E-state index in [9.17, 15) is 0 Å². The number of rotatable bonds is 6. The first-order valence-corrected chi connectivity index (χ1v) is 6.90. The zero-order valence-electron chi connectivity index (χ0n) is 10.2. The van der Waals surface area contributed by atoms with Crippen LogP contribution in [0.3, 0.4) is 0 Å².